The van der Waals surface area contributed by atoms with Gasteiger partial charge in [0.2, 0.25) is 6.10 Å². The third-order valence-electron chi connectivity index (χ3n) is 5.08. The summed E-state index contributed by atoms with van der Waals surface area (Å²) in [7, 11) is 1.54. The number of hydrogen-bond acceptors (Lipinski definition) is 6. The van der Waals surface area contributed by atoms with Gasteiger partial charge in [0, 0.05) is 12.0 Å². The van der Waals surface area contributed by atoms with Crippen LogP contribution < -0.4 is 10.1 Å². The number of fused-ring (bicyclic) bond motifs is 1. The first-order valence-electron chi connectivity index (χ1n) is 10.6. The molecular weight excluding hydrogens is 436 g/mol. The SMILES string of the molecule is COc1ccc(C)cc1NC(=O)C(OC(=O)CCc1nc2ccccc2s1)c1ccccc1. The van der Waals surface area contributed by atoms with E-state index >= 15 is 0 Å². The molecule has 7 heteroatoms. The summed E-state index contributed by atoms with van der Waals surface area (Å²) in [5.74, 6) is -0.379. The van der Waals surface area contributed by atoms with Gasteiger partial charge in [0.15, 0.2) is 0 Å². The lowest BCUT2D eigenvalue weighted by atomic mass is 10.1. The van der Waals surface area contributed by atoms with Crippen LogP contribution in [0.3, 0.4) is 0 Å². The number of para-hydroxylation sites is 1. The fraction of sp³-hybridized carbons (Fsp3) is 0.192. The lowest BCUT2D eigenvalue weighted by molar-refractivity contribution is -0.154. The van der Waals surface area contributed by atoms with Crippen LogP contribution in [0, 0.1) is 6.92 Å². The van der Waals surface area contributed by atoms with Crippen molar-refractivity contribution in [2.24, 2.45) is 0 Å². The van der Waals surface area contributed by atoms with Gasteiger partial charge in [0.1, 0.15) is 5.75 Å². The second kappa shape index (κ2) is 10.3. The first kappa shape index (κ1) is 22.5. The molecule has 4 aromatic rings. The predicted molar refractivity (Wildman–Crippen MR) is 130 cm³/mol. The van der Waals surface area contributed by atoms with Crippen molar-refractivity contribution in [2.75, 3.05) is 12.4 Å². The number of nitrogens with one attached hydrogen (secondary N) is 1. The van der Waals surface area contributed by atoms with E-state index in [-0.39, 0.29) is 6.42 Å². The second-order valence-electron chi connectivity index (χ2n) is 7.55. The average Bonchev–Trinajstić information content (AvgIpc) is 3.25. The molecule has 0 spiro atoms. The van der Waals surface area contributed by atoms with Crippen LogP contribution in [0.25, 0.3) is 10.2 Å². The van der Waals surface area contributed by atoms with E-state index in [1.165, 1.54) is 7.11 Å². The molecular formula is C26H24N2O4S. The molecule has 0 saturated heterocycles. The highest BCUT2D eigenvalue weighted by Gasteiger charge is 2.26. The van der Waals surface area contributed by atoms with E-state index in [1.807, 2.05) is 49.4 Å². The van der Waals surface area contributed by atoms with Crippen LogP contribution in [0.5, 0.6) is 5.75 Å². The largest absolute Gasteiger partial charge is 0.495 e. The molecule has 1 aromatic heterocycles. The molecule has 0 radical (unpaired) electrons. The van der Waals surface area contributed by atoms with E-state index in [9.17, 15) is 9.59 Å². The predicted octanol–water partition coefficient (Wildman–Crippen LogP) is 5.47. The summed E-state index contributed by atoms with van der Waals surface area (Å²) in [5, 5.41) is 3.71. The van der Waals surface area contributed by atoms with Gasteiger partial charge in [-0.3, -0.25) is 9.59 Å². The molecule has 3 aromatic carbocycles. The van der Waals surface area contributed by atoms with Crippen LogP contribution in [-0.4, -0.2) is 24.0 Å². The summed E-state index contributed by atoms with van der Waals surface area (Å²) in [6, 6.07) is 22.3. The number of esters is 1. The van der Waals surface area contributed by atoms with E-state index in [1.54, 1.807) is 41.7 Å². The van der Waals surface area contributed by atoms with Gasteiger partial charge in [0.05, 0.1) is 34.4 Å². The lowest BCUT2D eigenvalue weighted by Crippen LogP contribution is -2.26. The fourth-order valence-electron chi connectivity index (χ4n) is 3.44. The van der Waals surface area contributed by atoms with Crippen molar-refractivity contribution in [3.05, 3.63) is 88.9 Å². The summed E-state index contributed by atoms with van der Waals surface area (Å²) in [4.78, 5) is 30.4. The normalized spacial score (nSPS) is 11.7. The number of aryl methyl sites for hydroxylation is 2. The van der Waals surface area contributed by atoms with E-state index in [2.05, 4.69) is 10.3 Å². The maximum Gasteiger partial charge on any atom is 0.307 e. The molecule has 168 valence electrons. The molecule has 0 aliphatic rings. The highest BCUT2D eigenvalue weighted by atomic mass is 32.1. The summed E-state index contributed by atoms with van der Waals surface area (Å²) in [6.45, 7) is 1.92. The Labute approximate surface area is 196 Å². The van der Waals surface area contributed by atoms with Gasteiger partial charge in [-0.05, 0) is 36.8 Å². The topological polar surface area (TPSA) is 77.5 Å². The number of rotatable bonds is 8. The molecule has 4 rings (SSSR count). The van der Waals surface area contributed by atoms with Crippen LogP contribution >= 0.6 is 11.3 Å². The Morgan fingerprint density at radius 2 is 1.79 bits per heavy atom. The third kappa shape index (κ3) is 5.56. The van der Waals surface area contributed by atoms with Crippen LogP contribution in [0.15, 0.2) is 72.8 Å². The first-order valence-corrected chi connectivity index (χ1v) is 11.4. The number of benzene rings is 3. The highest BCUT2D eigenvalue weighted by Crippen LogP contribution is 2.28. The Kier molecular flexibility index (Phi) is 7.00. The monoisotopic (exact) mass is 460 g/mol. The average molecular weight is 461 g/mol. The Morgan fingerprint density at radius 1 is 1.03 bits per heavy atom. The Morgan fingerprint density at radius 3 is 2.55 bits per heavy atom. The minimum atomic E-state index is -1.08. The number of methoxy groups -OCH3 is 1. The number of carbonyl (C=O) groups excluding carboxylic acids is 2. The zero-order chi connectivity index (χ0) is 23.2. The summed E-state index contributed by atoms with van der Waals surface area (Å²) < 4.78 is 12.1. The van der Waals surface area contributed by atoms with E-state index < -0.39 is 18.0 Å². The molecule has 0 saturated carbocycles. The van der Waals surface area contributed by atoms with Gasteiger partial charge in [-0.25, -0.2) is 4.98 Å². The van der Waals surface area contributed by atoms with Crippen LogP contribution in [0.2, 0.25) is 0 Å². The maximum absolute atomic E-state index is 13.2. The molecule has 0 aliphatic carbocycles. The smallest absolute Gasteiger partial charge is 0.307 e. The number of anilines is 1. The number of carbonyl (C=O) groups is 2. The lowest BCUT2D eigenvalue weighted by Gasteiger charge is -2.19. The molecule has 6 nitrogen and oxygen atoms in total. The van der Waals surface area contributed by atoms with Gasteiger partial charge in [-0.2, -0.15) is 0 Å². The van der Waals surface area contributed by atoms with E-state index in [4.69, 9.17) is 9.47 Å². The number of aromatic nitrogens is 1. The van der Waals surface area contributed by atoms with Crippen molar-refractivity contribution in [3.8, 4) is 5.75 Å². The molecule has 0 bridgehead atoms. The van der Waals surface area contributed by atoms with E-state index in [0.717, 1.165) is 20.8 Å². The second-order valence-corrected chi connectivity index (χ2v) is 8.66. The van der Waals surface area contributed by atoms with Gasteiger partial charge in [0.25, 0.3) is 5.91 Å². The highest BCUT2D eigenvalue weighted by molar-refractivity contribution is 7.18. The van der Waals surface area contributed by atoms with Crippen LogP contribution in [-0.2, 0) is 20.7 Å². The van der Waals surface area contributed by atoms with Crippen molar-refractivity contribution in [3.63, 3.8) is 0 Å². The number of amides is 1. The maximum atomic E-state index is 13.2. The summed E-state index contributed by atoms with van der Waals surface area (Å²) >= 11 is 1.56. The van der Waals surface area contributed by atoms with Gasteiger partial charge in [-0.15, -0.1) is 11.3 Å². The van der Waals surface area contributed by atoms with Crippen molar-refractivity contribution < 1.29 is 19.1 Å². The molecule has 33 heavy (non-hydrogen) atoms. The fourth-order valence-corrected chi connectivity index (χ4v) is 4.41. The zero-order valence-corrected chi connectivity index (χ0v) is 19.2. The Bertz CT molecular complexity index is 1240. The van der Waals surface area contributed by atoms with Crippen molar-refractivity contribution in [1.29, 1.82) is 0 Å². The van der Waals surface area contributed by atoms with Gasteiger partial charge < -0.3 is 14.8 Å². The van der Waals surface area contributed by atoms with Crippen LogP contribution in [0.4, 0.5) is 5.69 Å². The first-order chi connectivity index (χ1) is 16.0. The summed E-state index contributed by atoms with van der Waals surface area (Å²) in [6.07, 6.45) is -0.503. The Hall–Kier alpha value is -3.71. The zero-order valence-electron chi connectivity index (χ0n) is 18.4. The molecule has 1 N–H and O–H groups in total. The molecule has 1 heterocycles. The standard InChI is InChI=1S/C26H24N2O4S/c1-17-12-13-21(31-2)20(16-17)28-26(30)25(18-8-4-3-5-9-18)32-24(29)15-14-23-27-19-10-6-7-11-22(19)33-23/h3-13,16,25H,14-15H2,1-2H3,(H,28,30). The third-order valence-corrected chi connectivity index (χ3v) is 6.18. The quantitative estimate of drug-likeness (QED) is 0.353. The minimum absolute atomic E-state index is 0.129. The molecule has 1 unspecified atom stereocenters. The Balaban J connectivity index is 1.48. The van der Waals surface area contributed by atoms with Crippen LogP contribution in [0.1, 0.15) is 28.7 Å². The number of thiazole rings is 1. The van der Waals surface area contributed by atoms with Gasteiger partial charge in [-0.1, -0.05) is 48.5 Å². The molecule has 0 aliphatic heterocycles. The van der Waals surface area contributed by atoms with Crippen molar-refractivity contribution >= 4 is 39.1 Å². The number of nitrogens with zero attached hydrogens (tertiary/aromatic N) is 1. The van der Waals surface area contributed by atoms with Gasteiger partial charge >= 0.3 is 5.97 Å². The molecule has 0 fully saturated rings. The van der Waals surface area contributed by atoms with E-state index in [0.29, 0.717) is 23.4 Å². The summed E-state index contributed by atoms with van der Waals surface area (Å²) in [5.41, 5.74) is 3.00. The number of hydrogen-bond donors (Lipinski definition) is 1. The molecule has 1 atom stereocenters. The number of ether oxygens (including phenoxy) is 2. The van der Waals surface area contributed by atoms with Crippen molar-refractivity contribution in [1.82, 2.24) is 4.98 Å². The minimum Gasteiger partial charge on any atom is -0.495 e. The van der Waals surface area contributed by atoms with Crippen molar-refractivity contribution in [2.45, 2.75) is 25.9 Å². The molecule has 1 amide bonds.